The summed E-state index contributed by atoms with van der Waals surface area (Å²) in [6, 6.07) is 0.738. The number of hydrogen-bond donors (Lipinski definition) is 2. The number of amides is 2. The van der Waals surface area contributed by atoms with E-state index < -0.39 is 17.3 Å². The van der Waals surface area contributed by atoms with Gasteiger partial charge in [-0.25, -0.2) is 9.59 Å². The molecule has 1 aromatic heterocycles. The molecule has 0 unspecified atom stereocenters. The molecule has 1 rings (SSSR count). The highest BCUT2D eigenvalue weighted by molar-refractivity contribution is 5.88. The van der Waals surface area contributed by atoms with Crippen LogP contribution in [-0.4, -0.2) is 21.7 Å². The number of hydrogen-bond acceptors (Lipinski definition) is 3. The van der Waals surface area contributed by atoms with Gasteiger partial charge in [0.1, 0.15) is 5.82 Å². The van der Waals surface area contributed by atoms with Gasteiger partial charge in [-0.05, 0) is 6.92 Å². The van der Waals surface area contributed by atoms with E-state index >= 15 is 0 Å². The Hall–Kier alpha value is -2.05. The predicted octanol–water partition coefficient (Wildman–Crippen LogP) is -0.775. The van der Waals surface area contributed by atoms with Crippen LogP contribution in [0.3, 0.4) is 0 Å². The van der Waals surface area contributed by atoms with Crippen molar-refractivity contribution in [3.63, 3.8) is 0 Å². The topological polar surface area (TPSA) is 85.1 Å². The van der Waals surface area contributed by atoms with Gasteiger partial charge in [0.05, 0.1) is 0 Å². The Morgan fingerprint density at radius 2 is 1.94 bits per heavy atom. The molecule has 0 atom stereocenters. The van der Waals surface area contributed by atoms with Gasteiger partial charge in [0.15, 0.2) is 0 Å². The first kappa shape index (κ1) is 12.0. The first-order chi connectivity index (χ1) is 7.47. The van der Waals surface area contributed by atoms with Gasteiger partial charge in [0.2, 0.25) is 0 Å². The quantitative estimate of drug-likeness (QED) is 0.694. The van der Waals surface area contributed by atoms with Crippen LogP contribution in [0.5, 0.6) is 0 Å². The molecule has 88 valence electrons. The van der Waals surface area contributed by atoms with E-state index in [-0.39, 0.29) is 5.82 Å². The molecule has 7 heteroatoms. The summed E-state index contributed by atoms with van der Waals surface area (Å²) in [6.45, 7) is 2.23. The van der Waals surface area contributed by atoms with E-state index in [0.29, 0.717) is 6.54 Å². The van der Waals surface area contributed by atoms with Gasteiger partial charge in [0.25, 0.3) is 5.56 Å². The van der Waals surface area contributed by atoms with Crippen molar-refractivity contribution in [1.82, 2.24) is 14.5 Å². The number of aromatic nitrogens is 2. The average Bonchev–Trinajstić information content (AvgIpc) is 2.23. The molecule has 0 radical (unpaired) electrons. The molecule has 0 aliphatic rings. The molecule has 16 heavy (non-hydrogen) atoms. The summed E-state index contributed by atoms with van der Waals surface area (Å²) in [5, 5.41) is 4.92. The third-order valence-corrected chi connectivity index (χ3v) is 2.10. The Bertz CT molecular complexity index is 514. The van der Waals surface area contributed by atoms with Crippen LogP contribution in [0.2, 0.25) is 0 Å². The van der Waals surface area contributed by atoms with E-state index in [1.165, 1.54) is 24.7 Å². The molecular formula is C9H14N4O3. The van der Waals surface area contributed by atoms with Crippen LogP contribution in [0.15, 0.2) is 15.7 Å². The molecule has 0 aliphatic carbocycles. The zero-order valence-electron chi connectivity index (χ0n) is 9.40. The summed E-state index contributed by atoms with van der Waals surface area (Å²) in [7, 11) is 2.85. The lowest BCUT2D eigenvalue weighted by Crippen LogP contribution is -2.39. The first-order valence-corrected chi connectivity index (χ1v) is 4.79. The number of carbonyl (C=O) groups excluding carboxylic acids is 1. The summed E-state index contributed by atoms with van der Waals surface area (Å²) < 4.78 is 2.15. The summed E-state index contributed by atoms with van der Waals surface area (Å²) >= 11 is 0. The molecule has 0 aromatic carbocycles. The van der Waals surface area contributed by atoms with Gasteiger partial charge in [-0.1, -0.05) is 0 Å². The molecule has 7 nitrogen and oxygen atoms in total. The molecule has 1 heterocycles. The van der Waals surface area contributed by atoms with Gasteiger partial charge in [-0.2, -0.15) is 0 Å². The SMILES string of the molecule is CCNC(=O)Nc1cc(=O)n(C)c(=O)n1C. The Morgan fingerprint density at radius 1 is 1.31 bits per heavy atom. The van der Waals surface area contributed by atoms with Crippen LogP contribution in [0.4, 0.5) is 10.6 Å². The predicted molar refractivity (Wildman–Crippen MR) is 59.6 cm³/mol. The second kappa shape index (κ2) is 4.65. The minimum Gasteiger partial charge on any atom is -0.338 e. The zero-order valence-corrected chi connectivity index (χ0v) is 9.40. The smallest absolute Gasteiger partial charge is 0.332 e. The summed E-state index contributed by atoms with van der Waals surface area (Å²) in [6.07, 6.45) is 0. The highest BCUT2D eigenvalue weighted by atomic mass is 16.2. The number of nitrogens with one attached hydrogen (secondary N) is 2. The Balaban J connectivity index is 3.12. The van der Waals surface area contributed by atoms with Crippen molar-refractivity contribution in [1.29, 1.82) is 0 Å². The summed E-state index contributed by atoms with van der Waals surface area (Å²) in [5.74, 6) is 0.166. The minimum atomic E-state index is -0.487. The second-order valence-electron chi connectivity index (χ2n) is 3.25. The fraction of sp³-hybridized carbons (Fsp3) is 0.444. The van der Waals surface area contributed by atoms with Crippen molar-refractivity contribution in [3.8, 4) is 0 Å². The number of carbonyl (C=O) groups is 1. The van der Waals surface area contributed by atoms with Crippen molar-refractivity contribution in [2.75, 3.05) is 11.9 Å². The van der Waals surface area contributed by atoms with E-state index in [4.69, 9.17) is 0 Å². The van der Waals surface area contributed by atoms with Crippen LogP contribution < -0.4 is 21.9 Å². The molecule has 0 spiro atoms. The monoisotopic (exact) mass is 226 g/mol. The lowest BCUT2D eigenvalue weighted by Gasteiger charge is -2.10. The third-order valence-electron chi connectivity index (χ3n) is 2.10. The zero-order chi connectivity index (χ0) is 12.3. The molecule has 0 saturated carbocycles. The van der Waals surface area contributed by atoms with E-state index in [1.54, 1.807) is 6.92 Å². The number of urea groups is 1. The molecule has 2 N–H and O–H groups in total. The maximum Gasteiger partial charge on any atom is 0.332 e. The van der Waals surface area contributed by atoms with Crippen molar-refractivity contribution in [3.05, 3.63) is 26.9 Å². The molecule has 0 fully saturated rings. The Labute approximate surface area is 91.7 Å². The van der Waals surface area contributed by atoms with Crippen LogP contribution >= 0.6 is 0 Å². The van der Waals surface area contributed by atoms with E-state index in [9.17, 15) is 14.4 Å². The van der Waals surface area contributed by atoms with Crippen molar-refractivity contribution >= 4 is 11.8 Å². The van der Waals surface area contributed by atoms with Gasteiger partial charge >= 0.3 is 11.7 Å². The summed E-state index contributed by atoms with van der Waals surface area (Å²) in [5.41, 5.74) is -0.950. The maximum atomic E-state index is 11.5. The fourth-order valence-electron chi connectivity index (χ4n) is 1.17. The average molecular weight is 226 g/mol. The van der Waals surface area contributed by atoms with E-state index in [1.807, 2.05) is 0 Å². The van der Waals surface area contributed by atoms with Gasteiger partial charge < -0.3 is 5.32 Å². The van der Waals surface area contributed by atoms with Gasteiger partial charge in [-0.15, -0.1) is 0 Å². The number of rotatable bonds is 2. The number of anilines is 1. The Morgan fingerprint density at radius 3 is 2.50 bits per heavy atom. The highest BCUT2D eigenvalue weighted by Gasteiger charge is 2.07. The molecular weight excluding hydrogens is 212 g/mol. The number of nitrogens with zero attached hydrogens (tertiary/aromatic N) is 2. The standard InChI is InChI=1S/C9H14N4O3/c1-4-10-8(15)11-6-5-7(14)13(3)9(16)12(6)2/h5H,4H2,1-3H3,(H2,10,11,15). The Kier molecular flexibility index (Phi) is 3.49. The van der Waals surface area contributed by atoms with Crippen molar-refractivity contribution in [2.24, 2.45) is 14.1 Å². The highest BCUT2D eigenvalue weighted by Crippen LogP contribution is 1.97. The molecule has 0 saturated heterocycles. The van der Waals surface area contributed by atoms with Crippen LogP contribution in [-0.2, 0) is 14.1 Å². The molecule has 0 aliphatic heterocycles. The largest absolute Gasteiger partial charge is 0.338 e. The van der Waals surface area contributed by atoms with Crippen LogP contribution in [0.1, 0.15) is 6.92 Å². The fourth-order valence-corrected chi connectivity index (χ4v) is 1.17. The van der Waals surface area contributed by atoms with Gasteiger partial charge in [0, 0.05) is 26.7 Å². The third kappa shape index (κ3) is 2.30. The van der Waals surface area contributed by atoms with Crippen LogP contribution in [0, 0.1) is 0 Å². The van der Waals surface area contributed by atoms with Crippen molar-refractivity contribution < 1.29 is 4.79 Å². The molecule has 1 aromatic rings. The van der Waals surface area contributed by atoms with Crippen LogP contribution in [0.25, 0.3) is 0 Å². The van der Waals surface area contributed by atoms with E-state index in [0.717, 1.165) is 4.57 Å². The van der Waals surface area contributed by atoms with Crippen molar-refractivity contribution in [2.45, 2.75) is 6.92 Å². The lowest BCUT2D eigenvalue weighted by molar-refractivity contribution is 0.252. The lowest BCUT2D eigenvalue weighted by atomic mass is 10.5. The second-order valence-corrected chi connectivity index (χ2v) is 3.25. The minimum absolute atomic E-state index is 0.166. The normalized spacial score (nSPS) is 9.94. The van der Waals surface area contributed by atoms with Gasteiger partial charge in [-0.3, -0.25) is 19.2 Å². The summed E-state index contributed by atoms with van der Waals surface area (Å²) in [4.78, 5) is 34.1. The maximum absolute atomic E-state index is 11.5. The first-order valence-electron chi connectivity index (χ1n) is 4.79. The molecule has 0 bridgehead atoms. The molecule has 2 amide bonds. The van der Waals surface area contributed by atoms with E-state index in [2.05, 4.69) is 10.6 Å².